The Bertz CT molecular complexity index is 2620. The molecule has 16 atom stereocenters. The van der Waals surface area contributed by atoms with Crippen molar-refractivity contribution < 1.29 is 119 Å². The van der Waals surface area contributed by atoms with Crippen LogP contribution >= 0.6 is 0 Å². The first kappa shape index (κ1) is 71.7. The summed E-state index contributed by atoms with van der Waals surface area (Å²) in [6.07, 6.45) is 6.95. The van der Waals surface area contributed by atoms with Gasteiger partial charge < -0.3 is 61.6 Å². The number of methoxy groups -OCH3 is 2. The highest BCUT2D eigenvalue weighted by molar-refractivity contribution is 5.84. The van der Waals surface area contributed by atoms with Crippen LogP contribution < -0.4 is 0 Å². The van der Waals surface area contributed by atoms with E-state index in [-0.39, 0.29) is 103 Å². The van der Waals surface area contributed by atoms with Gasteiger partial charge in [0.05, 0.1) is 72.4 Å². The molecule has 4 saturated heterocycles. The van der Waals surface area contributed by atoms with E-state index in [9.17, 15) is 57.5 Å². The monoisotopic (exact) mass is 1260 g/mol. The van der Waals surface area contributed by atoms with E-state index in [0.717, 1.165) is 31.8 Å². The smallest absolute Gasteiger partial charge is 0.347 e. The number of hydrogen-bond acceptors (Lipinski definition) is 25. The zero-order valence-electron chi connectivity index (χ0n) is 54.2. The lowest BCUT2D eigenvalue weighted by Crippen LogP contribution is -2.46. The van der Waals surface area contributed by atoms with Crippen LogP contribution in [0.4, 0.5) is 0 Å². The number of esters is 12. The van der Waals surface area contributed by atoms with Crippen molar-refractivity contribution in [1.82, 2.24) is 0 Å². The maximum atomic E-state index is 12.2. The van der Waals surface area contributed by atoms with Crippen LogP contribution in [0.5, 0.6) is 0 Å². The fourth-order valence-corrected chi connectivity index (χ4v) is 13.2. The maximum Gasteiger partial charge on any atom is 0.347 e. The van der Waals surface area contributed by atoms with E-state index in [2.05, 4.69) is 9.47 Å². The van der Waals surface area contributed by atoms with Crippen LogP contribution in [0.2, 0.25) is 0 Å². The maximum absolute atomic E-state index is 12.2. The number of cyclic esters (lactones) is 3. The second kappa shape index (κ2) is 30.1. The molecule has 0 spiro atoms. The molecule has 10 fully saturated rings. The number of hydrogen-bond donors (Lipinski definition) is 0. The summed E-state index contributed by atoms with van der Waals surface area (Å²) in [6.45, 7) is 21.4. The Kier molecular flexibility index (Phi) is 24.3. The number of rotatable bonds is 20. The minimum Gasteiger partial charge on any atom is -0.466 e. The van der Waals surface area contributed by atoms with Gasteiger partial charge in [0.25, 0.3) is 0 Å². The summed E-state index contributed by atoms with van der Waals surface area (Å²) >= 11 is 0. The van der Waals surface area contributed by atoms with Crippen molar-refractivity contribution in [3.8, 4) is 0 Å². The van der Waals surface area contributed by atoms with Crippen LogP contribution in [-0.2, 0) is 119 Å². The van der Waals surface area contributed by atoms with E-state index >= 15 is 0 Å². The Labute approximate surface area is 520 Å². The van der Waals surface area contributed by atoms with Gasteiger partial charge in [-0.05, 0) is 131 Å². The third-order valence-corrected chi connectivity index (χ3v) is 20.3. The largest absolute Gasteiger partial charge is 0.466 e. The van der Waals surface area contributed by atoms with Crippen LogP contribution in [-0.4, -0.2) is 163 Å². The molecule has 0 amide bonds. The summed E-state index contributed by atoms with van der Waals surface area (Å²) in [7, 11) is 2.81. The minimum absolute atomic E-state index is 0.00636. The molecule has 25 heteroatoms. The Morgan fingerprint density at radius 3 is 1.35 bits per heavy atom. The highest BCUT2D eigenvalue weighted by atomic mass is 16.6. The predicted octanol–water partition coefficient (Wildman–Crippen LogP) is 5.96. The van der Waals surface area contributed by atoms with Gasteiger partial charge in [0.2, 0.25) is 6.10 Å². The molecule has 89 heavy (non-hydrogen) atoms. The van der Waals surface area contributed by atoms with Crippen LogP contribution in [0.3, 0.4) is 0 Å². The SMILES string of the molecule is CCC(C)(C)C(=O)OCC(=O)OC.CCC(C)(C)C(=O)OCC(=O)OC1C2CC(C1OC)C1C(=O)OCC21.CCC(C)(C)C(=O)OCC(=O)OC1C2CC3C(=O)OC1C3C2.CCC(C)(C)C(=O)OCC(=O)OC1CCOC1=O.O=C1OCC2C3CCC(C3)C12. The second-order valence-electron chi connectivity index (χ2n) is 27.3. The van der Waals surface area contributed by atoms with E-state index in [1.54, 1.807) is 62.5 Å². The zero-order chi connectivity index (χ0) is 66.1. The van der Waals surface area contributed by atoms with Crippen molar-refractivity contribution in [3.63, 3.8) is 0 Å². The first-order chi connectivity index (χ1) is 41.8. The molecular weight excluding hydrogens is 1170 g/mol. The molecule has 6 aliphatic carbocycles. The predicted molar refractivity (Wildman–Crippen MR) is 306 cm³/mol. The van der Waals surface area contributed by atoms with Crippen molar-refractivity contribution in [1.29, 1.82) is 0 Å². The number of ether oxygens (including phenoxy) is 13. The average Bonchev–Trinajstić information content (AvgIpc) is 1.62. The van der Waals surface area contributed by atoms with Crippen LogP contribution in [0, 0.1) is 86.8 Å². The Morgan fingerprint density at radius 1 is 0.427 bits per heavy atom. The van der Waals surface area contributed by atoms with Gasteiger partial charge in [-0.15, -0.1) is 0 Å². The molecular formula is C64H94O25. The van der Waals surface area contributed by atoms with Crippen molar-refractivity contribution >= 4 is 71.6 Å². The molecule has 0 N–H and O–H groups in total. The molecule has 0 aromatic carbocycles. The average molecular weight is 1260 g/mol. The normalized spacial score (nSPS) is 30.9. The highest BCUT2D eigenvalue weighted by Gasteiger charge is 2.66. The van der Waals surface area contributed by atoms with Gasteiger partial charge in [-0.3, -0.25) is 33.6 Å². The molecule has 0 radical (unpaired) electrons. The fourth-order valence-electron chi connectivity index (χ4n) is 13.2. The summed E-state index contributed by atoms with van der Waals surface area (Å²) in [4.78, 5) is 139. The van der Waals surface area contributed by atoms with E-state index in [1.807, 2.05) is 27.7 Å². The number of carbonyl (C=O) groups is 12. The number of fused-ring (bicyclic) bond motifs is 11. The van der Waals surface area contributed by atoms with Crippen molar-refractivity contribution in [2.45, 2.75) is 184 Å². The van der Waals surface area contributed by atoms with Crippen LogP contribution in [0.15, 0.2) is 0 Å². The molecule has 4 heterocycles. The summed E-state index contributed by atoms with van der Waals surface area (Å²) < 4.78 is 65.6. The minimum atomic E-state index is -0.865. The fraction of sp³-hybridized carbons (Fsp3) is 0.812. The van der Waals surface area contributed by atoms with Gasteiger partial charge in [-0.25, -0.2) is 24.0 Å². The van der Waals surface area contributed by atoms with Gasteiger partial charge in [-0.2, -0.15) is 0 Å². The molecule has 4 aliphatic heterocycles. The standard InChI is InChI=1S/C18H26O7.C16H22O6.C12H18O6.C9H16O4.C9H12O2/c1-5-18(2,3)17(21)24-8-12(19)25-15-9-6-10(14(15)22-4)13-11(9)7-23-16(13)20;1-4-16(2,3)15(19)20-7-11(17)21-12-8-5-9-10(6-8)14(18)22-13(9)12;1-4-12(2,3)11(15)17-7-9(13)18-8-5-6-16-10(8)14;1-5-9(2,3)8(11)13-6-7(10)12-4;10-9-8-6-2-1-5(3-6)7(8)4-11-9/h9-11,13-15H,5-8H2,1-4H3;8-10,12-13H,4-7H2,1-3H3;8H,4-7H2,1-3H3;5-6H2,1-4H3;5-8H,1-4H2. The topological polar surface area (TPSA) is 325 Å². The zero-order valence-corrected chi connectivity index (χ0v) is 54.2. The molecule has 0 aromatic heterocycles. The molecule has 6 saturated carbocycles. The summed E-state index contributed by atoms with van der Waals surface area (Å²) in [5, 5.41) is 0. The first-order valence-corrected chi connectivity index (χ1v) is 31.4. The van der Waals surface area contributed by atoms with Crippen LogP contribution in [0.25, 0.3) is 0 Å². The first-order valence-electron chi connectivity index (χ1n) is 31.4. The molecule has 0 aromatic rings. The van der Waals surface area contributed by atoms with E-state index in [4.69, 9.17) is 52.1 Å². The molecule has 6 bridgehead atoms. The Morgan fingerprint density at radius 2 is 0.888 bits per heavy atom. The lowest BCUT2D eigenvalue weighted by atomic mass is 9.78. The van der Waals surface area contributed by atoms with Gasteiger partial charge in [0, 0.05) is 49.0 Å². The van der Waals surface area contributed by atoms with Gasteiger partial charge in [-0.1, -0.05) is 27.7 Å². The lowest BCUT2D eigenvalue weighted by Gasteiger charge is -2.34. The molecule has 500 valence electrons. The summed E-state index contributed by atoms with van der Waals surface area (Å²) in [5.41, 5.74) is -2.40. The van der Waals surface area contributed by atoms with Gasteiger partial charge in [0.1, 0.15) is 18.3 Å². The third-order valence-electron chi connectivity index (χ3n) is 20.3. The molecule has 10 aliphatic rings. The molecule has 16 unspecified atom stereocenters. The Balaban J connectivity index is 0.000000182. The number of carbonyl (C=O) groups excluding carboxylic acids is 12. The van der Waals surface area contributed by atoms with Crippen LogP contribution in [0.1, 0.15) is 154 Å². The van der Waals surface area contributed by atoms with Crippen molar-refractivity contribution in [3.05, 3.63) is 0 Å². The van der Waals surface area contributed by atoms with Gasteiger partial charge in [0.15, 0.2) is 26.4 Å². The second-order valence-corrected chi connectivity index (χ2v) is 27.3. The summed E-state index contributed by atoms with van der Waals surface area (Å²) in [5.74, 6) is -2.03. The molecule has 25 nitrogen and oxygen atoms in total. The van der Waals surface area contributed by atoms with Gasteiger partial charge >= 0.3 is 71.6 Å². The summed E-state index contributed by atoms with van der Waals surface area (Å²) in [6, 6.07) is 0. The quantitative estimate of drug-likeness (QED) is 0.100. The van der Waals surface area contributed by atoms with Crippen molar-refractivity contribution in [2.24, 2.45) is 86.8 Å². The Hall–Kier alpha value is -6.40. The lowest BCUT2D eigenvalue weighted by molar-refractivity contribution is -0.176. The highest BCUT2D eigenvalue weighted by Crippen LogP contribution is 2.58. The van der Waals surface area contributed by atoms with Crippen molar-refractivity contribution in [2.75, 3.05) is 60.5 Å². The third kappa shape index (κ3) is 17.0. The van der Waals surface area contributed by atoms with E-state index < -0.39 is 94.8 Å². The van der Waals surface area contributed by atoms with E-state index in [1.165, 1.54) is 26.4 Å². The van der Waals surface area contributed by atoms with E-state index in [0.29, 0.717) is 56.5 Å². The molecule has 10 rings (SSSR count).